The highest BCUT2D eigenvalue weighted by molar-refractivity contribution is 5.97. The molecule has 0 spiro atoms. The van der Waals surface area contributed by atoms with E-state index in [0.717, 1.165) is 6.42 Å². The minimum Gasteiger partial charge on any atom is -0.366 e. The lowest BCUT2D eigenvalue weighted by molar-refractivity contribution is 0.0939. The van der Waals surface area contributed by atoms with Crippen molar-refractivity contribution in [1.29, 1.82) is 0 Å². The van der Waals surface area contributed by atoms with Gasteiger partial charge >= 0.3 is 0 Å². The predicted molar refractivity (Wildman–Crippen MR) is 77.5 cm³/mol. The zero-order chi connectivity index (χ0) is 14.7. The highest BCUT2D eigenvalue weighted by atomic mass is 16.2. The summed E-state index contributed by atoms with van der Waals surface area (Å²) in [6, 6.07) is 7.36. The van der Waals surface area contributed by atoms with Crippen LogP contribution in [0.5, 0.6) is 0 Å². The Morgan fingerprint density at radius 3 is 2.35 bits per heavy atom. The quantitative estimate of drug-likeness (QED) is 0.860. The van der Waals surface area contributed by atoms with Crippen LogP contribution in [0.25, 0.3) is 0 Å². The van der Waals surface area contributed by atoms with Crippen molar-refractivity contribution >= 4 is 11.8 Å². The van der Waals surface area contributed by atoms with Gasteiger partial charge in [-0.05, 0) is 51.1 Å². The first-order valence-corrected chi connectivity index (χ1v) is 6.89. The van der Waals surface area contributed by atoms with Gasteiger partial charge in [-0.25, -0.2) is 0 Å². The zero-order valence-corrected chi connectivity index (χ0v) is 11.9. The third-order valence-electron chi connectivity index (χ3n) is 4.12. The van der Waals surface area contributed by atoms with Crippen LogP contribution in [0.1, 0.15) is 40.5 Å². The van der Waals surface area contributed by atoms with Crippen molar-refractivity contribution in [3.63, 3.8) is 0 Å². The molecular formula is C15H21N3O2. The molecule has 20 heavy (non-hydrogen) atoms. The number of likely N-dealkylation sites (tertiary alicyclic amines) is 1. The molecule has 0 saturated carbocycles. The molecule has 2 rings (SSSR count). The molecule has 0 aliphatic carbocycles. The number of hydrogen-bond acceptors (Lipinski definition) is 3. The first kappa shape index (κ1) is 14.5. The molecule has 0 bridgehead atoms. The molecule has 1 aliphatic rings. The van der Waals surface area contributed by atoms with Gasteiger partial charge in [0.1, 0.15) is 0 Å². The van der Waals surface area contributed by atoms with E-state index in [1.165, 1.54) is 6.42 Å². The lowest BCUT2D eigenvalue weighted by Gasteiger charge is -2.23. The van der Waals surface area contributed by atoms with Gasteiger partial charge in [0.15, 0.2) is 0 Å². The Kier molecular flexibility index (Phi) is 4.39. The summed E-state index contributed by atoms with van der Waals surface area (Å²) in [5, 5.41) is 2.94. The molecule has 2 atom stereocenters. The molecule has 1 aromatic carbocycles. The Balaban J connectivity index is 1.90. The van der Waals surface area contributed by atoms with Crippen LogP contribution in [0.4, 0.5) is 0 Å². The van der Waals surface area contributed by atoms with Gasteiger partial charge in [-0.2, -0.15) is 0 Å². The first-order valence-electron chi connectivity index (χ1n) is 6.89. The first-order chi connectivity index (χ1) is 9.49. The molecule has 0 aromatic heterocycles. The van der Waals surface area contributed by atoms with E-state index in [9.17, 15) is 9.59 Å². The van der Waals surface area contributed by atoms with Gasteiger partial charge in [0, 0.05) is 29.8 Å². The number of benzene rings is 1. The Labute approximate surface area is 119 Å². The highest BCUT2D eigenvalue weighted by Crippen LogP contribution is 2.20. The SMILES string of the molecule is C[C@H]1CC[C@@H](CNC(=O)c2ccc(C(N)=O)cc2)N1C. The number of hydrogen-bond donors (Lipinski definition) is 2. The van der Waals surface area contributed by atoms with Gasteiger partial charge in [-0.15, -0.1) is 0 Å². The number of nitrogens with one attached hydrogen (secondary N) is 1. The van der Waals surface area contributed by atoms with E-state index in [4.69, 9.17) is 5.73 Å². The number of carbonyl (C=O) groups is 2. The minimum absolute atomic E-state index is 0.117. The van der Waals surface area contributed by atoms with Crippen molar-refractivity contribution in [2.75, 3.05) is 13.6 Å². The van der Waals surface area contributed by atoms with Crippen molar-refractivity contribution in [3.05, 3.63) is 35.4 Å². The molecule has 2 amide bonds. The summed E-state index contributed by atoms with van der Waals surface area (Å²) in [4.78, 5) is 25.3. The molecular weight excluding hydrogens is 254 g/mol. The topological polar surface area (TPSA) is 75.4 Å². The van der Waals surface area contributed by atoms with Crippen molar-refractivity contribution < 1.29 is 9.59 Å². The maximum atomic E-state index is 12.0. The summed E-state index contributed by atoms with van der Waals surface area (Å²) in [5.41, 5.74) is 6.12. The molecule has 0 unspecified atom stereocenters. The number of likely N-dealkylation sites (N-methyl/N-ethyl adjacent to an activating group) is 1. The minimum atomic E-state index is -0.487. The second kappa shape index (κ2) is 6.05. The van der Waals surface area contributed by atoms with E-state index in [2.05, 4.69) is 24.2 Å². The molecule has 1 aromatic rings. The smallest absolute Gasteiger partial charge is 0.251 e. The van der Waals surface area contributed by atoms with Crippen LogP contribution < -0.4 is 11.1 Å². The third kappa shape index (κ3) is 3.17. The summed E-state index contributed by atoms with van der Waals surface area (Å²) >= 11 is 0. The lowest BCUT2D eigenvalue weighted by atomic mass is 10.1. The van der Waals surface area contributed by atoms with Crippen molar-refractivity contribution in [3.8, 4) is 0 Å². The summed E-state index contributed by atoms with van der Waals surface area (Å²) in [6.07, 6.45) is 2.28. The van der Waals surface area contributed by atoms with Crippen LogP contribution in [0.2, 0.25) is 0 Å². The standard InChI is InChI=1S/C15H21N3O2/c1-10-3-8-13(18(10)2)9-17-15(20)12-6-4-11(5-7-12)14(16)19/h4-7,10,13H,3,8-9H2,1-2H3,(H2,16,19)(H,17,20)/t10-,13-/m0/s1. The molecule has 0 radical (unpaired) electrons. The van der Waals surface area contributed by atoms with Gasteiger partial charge in [0.05, 0.1) is 0 Å². The molecule has 108 valence electrons. The van der Waals surface area contributed by atoms with E-state index >= 15 is 0 Å². The maximum Gasteiger partial charge on any atom is 0.251 e. The highest BCUT2D eigenvalue weighted by Gasteiger charge is 2.27. The van der Waals surface area contributed by atoms with E-state index < -0.39 is 5.91 Å². The molecule has 1 saturated heterocycles. The van der Waals surface area contributed by atoms with Crippen LogP contribution in [-0.4, -0.2) is 42.4 Å². The van der Waals surface area contributed by atoms with E-state index in [1.807, 2.05) is 0 Å². The fourth-order valence-corrected chi connectivity index (χ4v) is 2.55. The monoisotopic (exact) mass is 275 g/mol. The molecule has 1 heterocycles. The lowest BCUT2D eigenvalue weighted by Crippen LogP contribution is -2.40. The van der Waals surface area contributed by atoms with Crippen LogP contribution in [0.15, 0.2) is 24.3 Å². The second-order valence-corrected chi connectivity index (χ2v) is 5.40. The second-order valence-electron chi connectivity index (χ2n) is 5.40. The summed E-state index contributed by atoms with van der Waals surface area (Å²) in [7, 11) is 2.09. The van der Waals surface area contributed by atoms with Crippen LogP contribution in [-0.2, 0) is 0 Å². The molecule has 1 fully saturated rings. The Morgan fingerprint density at radius 2 is 1.85 bits per heavy atom. The van der Waals surface area contributed by atoms with Gasteiger partial charge in [-0.3, -0.25) is 14.5 Å². The number of carbonyl (C=O) groups excluding carboxylic acids is 2. The van der Waals surface area contributed by atoms with Gasteiger partial charge in [-0.1, -0.05) is 0 Å². The fraction of sp³-hybridized carbons (Fsp3) is 0.467. The van der Waals surface area contributed by atoms with Crippen molar-refractivity contribution in [2.45, 2.75) is 31.8 Å². The van der Waals surface area contributed by atoms with Crippen LogP contribution in [0.3, 0.4) is 0 Å². The summed E-state index contributed by atoms with van der Waals surface area (Å²) in [5.74, 6) is -0.604. The summed E-state index contributed by atoms with van der Waals surface area (Å²) in [6.45, 7) is 2.85. The average Bonchev–Trinajstić information content (AvgIpc) is 2.76. The largest absolute Gasteiger partial charge is 0.366 e. The average molecular weight is 275 g/mol. The van der Waals surface area contributed by atoms with Gasteiger partial charge in [0.2, 0.25) is 5.91 Å². The van der Waals surface area contributed by atoms with Crippen molar-refractivity contribution in [2.24, 2.45) is 5.73 Å². The van der Waals surface area contributed by atoms with Crippen LogP contribution in [0, 0.1) is 0 Å². The number of amides is 2. The van der Waals surface area contributed by atoms with Crippen molar-refractivity contribution in [1.82, 2.24) is 10.2 Å². The van der Waals surface area contributed by atoms with E-state index in [0.29, 0.717) is 29.8 Å². The van der Waals surface area contributed by atoms with E-state index in [-0.39, 0.29) is 5.91 Å². The number of nitrogens with zero attached hydrogens (tertiary/aromatic N) is 1. The third-order valence-corrected chi connectivity index (χ3v) is 4.12. The predicted octanol–water partition coefficient (Wildman–Crippen LogP) is 0.998. The van der Waals surface area contributed by atoms with E-state index in [1.54, 1.807) is 24.3 Å². The molecule has 5 nitrogen and oxygen atoms in total. The number of rotatable bonds is 4. The maximum absolute atomic E-state index is 12.0. The Hall–Kier alpha value is -1.88. The number of primary amides is 1. The molecule has 5 heteroatoms. The number of nitrogens with two attached hydrogens (primary N) is 1. The Bertz CT molecular complexity index is 498. The normalized spacial score (nSPS) is 22.7. The zero-order valence-electron chi connectivity index (χ0n) is 11.9. The Morgan fingerprint density at radius 1 is 1.25 bits per heavy atom. The van der Waals surface area contributed by atoms with Gasteiger partial charge < -0.3 is 11.1 Å². The summed E-state index contributed by atoms with van der Waals surface area (Å²) < 4.78 is 0. The fourth-order valence-electron chi connectivity index (χ4n) is 2.55. The molecule has 1 aliphatic heterocycles. The van der Waals surface area contributed by atoms with Crippen LogP contribution >= 0.6 is 0 Å². The molecule has 3 N–H and O–H groups in total. The van der Waals surface area contributed by atoms with Gasteiger partial charge in [0.25, 0.3) is 5.91 Å².